The molecule has 0 atom stereocenters. The fourth-order valence-electron chi connectivity index (χ4n) is 2.86. The Morgan fingerprint density at radius 3 is 2.65 bits per heavy atom. The van der Waals surface area contributed by atoms with Crippen molar-refractivity contribution in [2.45, 2.75) is 6.92 Å². The van der Waals surface area contributed by atoms with Gasteiger partial charge >= 0.3 is 0 Å². The molecule has 4 aromatic heterocycles. The molecule has 0 aliphatic carbocycles. The molecule has 0 spiro atoms. The molecule has 0 amide bonds. The molecule has 0 aliphatic heterocycles. The van der Waals surface area contributed by atoms with E-state index in [0.717, 1.165) is 11.1 Å². The second-order valence-corrected chi connectivity index (χ2v) is 6.11. The molecule has 5 aromatic rings. The molecule has 0 unspecified atom stereocenters. The quantitative estimate of drug-likeness (QED) is 0.540. The molecule has 0 fully saturated rings. The van der Waals surface area contributed by atoms with Crippen LogP contribution in [-0.4, -0.2) is 29.4 Å². The summed E-state index contributed by atoms with van der Waals surface area (Å²) in [5.41, 5.74) is 3.38. The standard InChI is InChI=1S/C18H15N7O/c1-11-5-7-12(8-6-11)19-18-21-15-13(10-24(2)22-15)17-20-16(23-25(17)18)14-4-3-9-26-14/h3-10H,1-2H3,(H,19,21,22). The van der Waals surface area contributed by atoms with Crippen molar-refractivity contribution in [3.63, 3.8) is 0 Å². The Morgan fingerprint density at radius 1 is 1.04 bits per heavy atom. The lowest BCUT2D eigenvalue weighted by Crippen LogP contribution is -2.03. The average molecular weight is 345 g/mol. The number of furan rings is 1. The number of hydrogen-bond donors (Lipinski definition) is 1. The van der Waals surface area contributed by atoms with E-state index in [2.05, 4.69) is 25.5 Å². The molecular weight excluding hydrogens is 330 g/mol. The van der Waals surface area contributed by atoms with Crippen molar-refractivity contribution in [1.82, 2.24) is 29.4 Å². The van der Waals surface area contributed by atoms with Gasteiger partial charge in [0.1, 0.15) is 0 Å². The van der Waals surface area contributed by atoms with E-state index in [1.165, 1.54) is 5.56 Å². The third-order valence-corrected chi connectivity index (χ3v) is 4.12. The van der Waals surface area contributed by atoms with E-state index < -0.39 is 0 Å². The zero-order valence-corrected chi connectivity index (χ0v) is 14.2. The summed E-state index contributed by atoms with van der Waals surface area (Å²) in [5, 5.41) is 13.1. The molecule has 0 saturated heterocycles. The largest absolute Gasteiger partial charge is 0.461 e. The highest BCUT2D eigenvalue weighted by molar-refractivity contribution is 5.90. The van der Waals surface area contributed by atoms with Crippen molar-refractivity contribution in [1.29, 1.82) is 0 Å². The Hall–Kier alpha value is -3.68. The molecule has 0 radical (unpaired) electrons. The predicted molar refractivity (Wildman–Crippen MR) is 97.2 cm³/mol. The molecule has 0 aliphatic rings. The maximum atomic E-state index is 5.44. The Bertz CT molecular complexity index is 1220. The molecule has 8 nitrogen and oxygen atoms in total. The number of rotatable bonds is 3. The minimum atomic E-state index is 0.500. The Morgan fingerprint density at radius 2 is 1.88 bits per heavy atom. The number of aromatic nitrogens is 6. The molecule has 1 N–H and O–H groups in total. The van der Waals surface area contributed by atoms with Crippen molar-refractivity contribution in [3.05, 3.63) is 54.4 Å². The lowest BCUT2D eigenvalue weighted by Gasteiger charge is -2.07. The van der Waals surface area contributed by atoms with E-state index in [-0.39, 0.29) is 0 Å². The summed E-state index contributed by atoms with van der Waals surface area (Å²) >= 11 is 0. The summed E-state index contributed by atoms with van der Waals surface area (Å²) in [6.45, 7) is 2.05. The van der Waals surface area contributed by atoms with Gasteiger partial charge in [-0.3, -0.25) is 4.68 Å². The van der Waals surface area contributed by atoms with Gasteiger partial charge in [0.25, 0.3) is 0 Å². The summed E-state index contributed by atoms with van der Waals surface area (Å²) in [5.74, 6) is 1.65. The highest BCUT2D eigenvalue weighted by Gasteiger charge is 2.17. The number of anilines is 2. The molecule has 4 heterocycles. The Kier molecular flexibility index (Phi) is 3.05. The second kappa shape index (κ2) is 5.41. The van der Waals surface area contributed by atoms with E-state index in [0.29, 0.717) is 28.8 Å². The van der Waals surface area contributed by atoms with Crippen molar-refractivity contribution < 1.29 is 4.42 Å². The van der Waals surface area contributed by atoms with Crippen molar-refractivity contribution >= 4 is 28.3 Å². The number of hydrogen-bond acceptors (Lipinski definition) is 6. The summed E-state index contributed by atoms with van der Waals surface area (Å²) in [6.07, 6.45) is 3.48. The molecule has 26 heavy (non-hydrogen) atoms. The number of fused-ring (bicyclic) bond motifs is 3. The lowest BCUT2D eigenvalue weighted by atomic mass is 10.2. The van der Waals surface area contributed by atoms with Gasteiger partial charge in [-0.1, -0.05) is 17.7 Å². The molecule has 128 valence electrons. The van der Waals surface area contributed by atoms with E-state index >= 15 is 0 Å². The van der Waals surface area contributed by atoms with Gasteiger partial charge in [-0.25, -0.2) is 4.98 Å². The highest BCUT2D eigenvalue weighted by atomic mass is 16.3. The molecule has 0 saturated carbocycles. The van der Waals surface area contributed by atoms with Gasteiger partial charge in [-0.15, -0.1) is 5.10 Å². The van der Waals surface area contributed by atoms with E-state index in [1.54, 1.807) is 15.5 Å². The summed E-state index contributed by atoms with van der Waals surface area (Å²) < 4.78 is 8.84. The van der Waals surface area contributed by atoms with Crippen LogP contribution in [0.2, 0.25) is 0 Å². The normalized spacial score (nSPS) is 11.5. The van der Waals surface area contributed by atoms with Crippen molar-refractivity contribution in [3.8, 4) is 11.6 Å². The third kappa shape index (κ3) is 2.31. The minimum Gasteiger partial charge on any atom is -0.461 e. The summed E-state index contributed by atoms with van der Waals surface area (Å²) in [4.78, 5) is 9.26. The first kappa shape index (κ1) is 14.6. The van der Waals surface area contributed by atoms with Gasteiger partial charge in [0.15, 0.2) is 17.1 Å². The molecule has 1 aromatic carbocycles. The van der Waals surface area contributed by atoms with Crippen LogP contribution in [-0.2, 0) is 7.05 Å². The topological polar surface area (TPSA) is 86.1 Å². The molecular formula is C18H15N7O. The van der Waals surface area contributed by atoms with Crippen LogP contribution in [0.3, 0.4) is 0 Å². The van der Waals surface area contributed by atoms with Crippen LogP contribution in [0, 0.1) is 6.92 Å². The SMILES string of the molecule is Cc1ccc(Nc2nc3nn(C)cc3c3nc(-c4ccco4)nn23)cc1. The molecule has 5 rings (SSSR count). The highest BCUT2D eigenvalue weighted by Crippen LogP contribution is 2.25. The fraction of sp³-hybridized carbons (Fsp3) is 0.111. The van der Waals surface area contributed by atoms with Gasteiger partial charge < -0.3 is 9.73 Å². The Balaban J connectivity index is 1.73. The van der Waals surface area contributed by atoms with Crippen molar-refractivity contribution in [2.24, 2.45) is 7.05 Å². The second-order valence-electron chi connectivity index (χ2n) is 6.11. The molecule has 8 heteroatoms. The van der Waals surface area contributed by atoms with Gasteiger partial charge in [-0.2, -0.15) is 14.6 Å². The lowest BCUT2D eigenvalue weighted by molar-refractivity contribution is 0.577. The van der Waals surface area contributed by atoms with Crippen LogP contribution in [0.4, 0.5) is 11.6 Å². The van der Waals surface area contributed by atoms with Crippen LogP contribution in [0.1, 0.15) is 5.56 Å². The van der Waals surface area contributed by atoms with Gasteiger partial charge in [0, 0.05) is 18.9 Å². The number of benzene rings is 1. The zero-order chi connectivity index (χ0) is 17.7. The van der Waals surface area contributed by atoms with E-state index in [4.69, 9.17) is 4.42 Å². The minimum absolute atomic E-state index is 0.500. The first-order valence-corrected chi connectivity index (χ1v) is 8.15. The average Bonchev–Trinajstić information content (AvgIpc) is 3.34. The van der Waals surface area contributed by atoms with Crippen molar-refractivity contribution in [2.75, 3.05) is 5.32 Å². The summed E-state index contributed by atoms with van der Waals surface area (Å²) in [7, 11) is 1.86. The van der Waals surface area contributed by atoms with Crippen LogP contribution < -0.4 is 5.32 Å². The number of nitrogens with zero attached hydrogens (tertiary/aromatic N) is 6. The van der Waals surface area contributed by atoms with Crippen LogP contribution in [0.15, 0.2) is 53.3 Å². The predicted octanol–water partition coefficient (Wildman–Crippen LogP) is 3.32. The van der Waals surface area contributed by atoms with Crippen LogP contribution in [0.25, 0.3) is 28.3 Å². The fourth-order valence-corrected chi connectivity index (χ4v) is 2.86. The third-order valence-electron chi connectivity index (χ3n) is 4.12. The van der Waals surface area contributed by atoms with Crippen LogP contribution >= 0.6 is 0 Å². The maximum absolute atomic E-state index is 5.44. The zero-order valence-electron chi connectivity index (χ0n) is 14.2. The maximum Gasteiger partial charge on any atom is 0.232 e. The van der Waals surface area contributed by atoms with E-state index in [9.17, 15) is 0 Å². The van der Waals surface area contributed by atoms with Gasteiger partial charge in [0.05, 0.1) is 11.6 Å². The first-order chi connectivity index (χ1) is 12.7. The van der Waals surface area contributed by atoms with Crippen LogP contribution in [0.5, 0.6) is 0 Å². The smallest absolute Gasteiger partial charge is 0.232 e. The first-order valence-electron chi connectivity index (χ1n) is 8.15. The van der Waals surface area contributed by atoms with E-state index in [1.807, 2.05) is 56.6 Å². The monoisotopic (exact) mass is 345 g/mol. The van der Waals surface area contributed by atoms with Gasteiger partial charge in [0.2, 0.25) is 11.8 Å². The van der Waals surface area contributed by atoms with Gasteiger partial charge in [-0.05, 0) is 31.2 Å². The Labute approximate surface area is 148 Å². The number of nitrogens with one attached hydrogen (secondary N) is 1. The summed E-state index contributed by atoms with van der Waals surface area (Å²) in [6, 6.07) is 11.7. The number of aryl methyl sites for hydroxylation is 2. The molecule has 0 bridgehead atoms.